The minimum Gasteiger partial charge on any atom is -0.464 e. The van der Waals surface area contributed by atoms with Gasteiger partial charge in [0.05, 0.1) is 11.2 Å². The number of pyridine rings is 1. The van der Waals surface area contributed by atoms with Crippen LogP contribution in [0.1, 0.15) is 46.6 Å². The Morgan fingerprint density at radius 3 is 2.89 bits per heavy atom. The molecule has 3 unspecified atom stereocenters. The van der Waals surface area contributed by atoms with Gasteiger partial charge in [0, 0.05) is 41.5 Å². The molecule has 0 amide bonds. The van der Waals surface area contributed by atoms with E-state index in [1.165, 1.54) is 35.5 Å². The summed E-state index contributed by atoms with van der Waals surface area (Å²) in [6.45, 7) is 2.23. The van der Waals surface area contributed by atoms with Crippen LogP contribution in [0.25, 0.3) is 10.9 Å². The second-order valence-corrected chi connectivity index (χ2v) is 11.2. The third-order valence-corrected chi connectivity index (χ3v) is 9.11. The highest BCUT2D eigenvalue weighted by molar-refractivity contribution is 7.13. The number of thiazole rings is 1. The van der Waals surface area contributed by atoms with Crippen LogP contribution >= 0.6 is 11.3 Å². The SMILES string of the molecule is O=C(CC1CC2C(CCN3CCc4sc(OCC(F)F)nc4C3)[C@@H]2C1)c1cccc2ncccc12. The van der Waals surface area contributed by atoms with Gasteiger partial charge in [0.1, 0.15) is 0 Å². The predicted octanol–water partition coefficient (Wildman–Crippen LogP) is 5.63. The van der Waals surface area contributed by atoms with Crippen molar-refractivity contribution in [2.24, 2.45) is 23.7 Å². The summed E-state index contributed by atoms with van der Waals surface area (Å²) in [6, 6.07) is 9.71. The van der Waals surface area contributed by atoms with Gasteiger partial charge in [-0.15, -0.1) is 0 Å². The molecule has 1 aliphatic heterocycles. The van der Waals surface area contributed by atoms with E-state index >= 15 is 0 Å². The molecule has 3 aliphatic rings. The van der Waals surface area contributed by atoms with E-state index in [0.29, 0.717) is 17.5 Å². The molecule has 5 nitrogen and oxygen atoms in total. The van der Waals surface area contributed by atoms with Crippen molar-refractivity contribution in [3.63, 3.8) is 0 Å². The van der Waals surface area contributed by atoms with Crippen molar-refractivity contribution >= 4 is 28.0 Å². The zero-order valence-corrected chi connectivity index (χ0v) is 20.4. The molecule has 2 saturated carbocycles. The van der Waals surface area contributed by atoms with Gasteiger partial charge in [0.25, 0.3) is 11.6 Å². The lowest BCUT2D eigenvalue weighted by atomic mass is 9.90. The molecule has 2 aromatic heterocycles. The first-order valence-corrected chi connectivity index (χ1v) is 13.4. The second-order valence-electron chi connectivity index (χ2n) is 10.2. The molecule has 0 bridgehead atoms. The van der Waals surface area contributed by atoms with Crippen molar-refractivity contribution in [1.29, 1.82) is 0 Å². The molecule has 2 aliphatic carbocycles. The average Bonchev–Trinajstić information content (AvgIpc) is 3.17. The molecule has 184 valence electrons. The van der Waals surface area contributed by atoms with Gasteiger partial charge in [-0.1, -0.05) is 29.5 Å². The van der Waals surface area contributed by atoms with E-state index in [2.05, 4.69) is 14.9 Å². The monoisotopic (exact) mass is 497 g/mol. The molecule has 4 atom stereocenters. The summed E-state index contributed by atoms with van der Waals surface area (Å²) in [5.74, 6) is 3.08. The predicted molar refractivity (Wildman–Crippen MR) is 131 cm³/mol. The van der Waals surface area contributed by atoms with Crippen LogP contribution in [0.5, 0.6) is 5.19 Å². The van der Waals surface area contributed by atoms with E-state index < -0.39 is 13.0 Å². The van der Waals surface area contributed by atoms with Crippen LogP contribution in [0.15, 0.2) is 36.5 Å². The van der Waals surface area contributed by atoms with E-state index in [4.69, 9.17) is 4.74 Å². The largest absolute Gasteiger partial charge is 0.464 e. The molecular weight excluding hydrogens is 468 g/mol. The number of nitrogens with zero attached hydrogens (tertiary/aromatic N) is 3. The lowest BCUT2D eigenvalue weighted by molar-refractivity contribution is 0.0815. The number of aromatic nitrogens is 2. The van der Waals surface area contributed by atoms with Gasteiger partial charge in [-0.05, 0) is 68.0 Å². The highest BCUT2D eigenvalue weighted by Gasteiger charge is 2.55. The van der Waals surface area contributed by atoms with Crippen molar-refractivity contribution in [2.75, 3.05) is 19.7 Å². The van der Waals surface area contributed by atoms with Crippen LogP contribution in [-0.4, -0.2) is 46.8 Å². The molecular formula is C27H29F2N3O2S. The van der Waals surface area contributed by atoms with Crippen LogP contribution in [-0.2, 0) is 13.0 Å². The molecule has 2 fully saturated rings. The number of fused-ring (bicyclic) bond motifs is 3. The Hall–Kier alpha value is -2.45. The van der Waals surface area contributed by atoms with Crippen LogP contribution in [0.4, 0.5) is 8.78 Å². The van der Waals surface area contributed by atoms with E-state index in [1.54, 1.807) is 6.20 Å². The Balaban J connectivity index is 0.965. The quantitative estimate of drug-likeness (QED) is 0.359. The Morgan fingerprint density at radius 2 is 2.06 bits per heavy atom. The van der Waals surface area contributed by atoms with Gasteiger partial charge < -0.3 is 4.74 Å². The number of carbonyl (C=O) groups excluding carboxylic acids is 1. The first-order valence-electron chi connectivity index (χ1n) is 12.5. The Bertz CT molecular complexity index is 1210. The summed E-state index contributed by atoms with van der Waals surface area (Å²) in [4.78, 5) is 25.5. The molecule has 6 rings (SSSR count). The Morgan fingerprint density at radius 1 is 1.20 bits per heavy atom. The summed E-state index contributed by atoms with van der Waals surface area (Å²) in [5, 5.41) is 1.33. The molecule has 3 aromatic rings. The van der Waals surface area contributed by atoms with E-state index in [-0.39, 0.29) is 5.78 Å². The topological polar surface area (TPSA) is 55.3 Å². The second kappa shape index (κ2) is 9.54. The number of hydrogen-bond donors (Lipinski definition) is 0. The Kier molecular flexibility index (Phi) is 6.26. The van der Waals surface area contributed by atoms with Crippen LogP contribution in [0.2, 0.25) is 0 Å². The highest BCUT2D eigenvalue weighted by atomic mass is 32.1. The number of alkyl halides is 2. The third kappa shape index (κ3) is 4.83. The van der Waals surface area contributed by atoms with Crippen molar-refractivity contribution in [3.05, 3.63) is 52.7 Å². The average molecular weight is 498 g/mol. The zero-order valence-electron chi connectivity index (χ0n) is 19.5. The summed E-state index contributed by atoms with van der Waals surface area (Å²) >= 11 is 1.41. The first kappa shape index (κ1) is 23.0. The standard InChI is InChI=1S/C27H29F2N3O2S/c28-26(29)15-34-27-31-23-14-32(10-7-25(23)35-27)9-6-17-20-11-16(12-21(17)20)13-24(33)19-3-1-5-22-18(19)4-2-8-30-22/h1-5,8,16-17,20-21,26H,6-7,9-15H2/t16?,17?,20-,21?/m0/s1. The number of Topliss-reactive ketones (excluding diaryl/α,β-unsaturated/α-hetero) is 1. The smallest absolute Gasteiger partial charge is 0.273 e. The minimum atomic E-state index is -2.47. The molecule has 1 aromatic carbocycles. The molecule has 35 heavy (non-hydrogen) atoms. The van der Waals surface area contributed by atoms with Crippen molar-refractivity contribution in [2.45, 2.75) is 45.1 Å². The highest BCUT2D eigenvalue weighted by Crippen LogP contribution is 2.61. The fourth-order valence-electron chi connectivity index (χ4n) is 6.35. The maximum Gasteiger partial charge on any atom is 0.273 e. The van der Waals surface area contributed by atoms with Gasteiger partial charge in [-0.25, -0.2) is 13.8 Å². The fourth-order valence-corrected chi connectivity index (χ4v) is 7.27. The molecule has 8 heteroatoms. The van der Waals surface area contributed by atoms with Gasteiger partial charge in [0.2, 0.25) is 0 Å². The minimum absolute atomic E-state index is 0.246. The maximum absolute atomic E-state index is 13.0. The lowest BCUT2D eigenvalue weighted by Crippen LogP contribution is -2.31. The number of ether oxygens (including phenoxy) is 1. The molecule has 0 saturated heterocycles. The van der Waals surface area contributed by atoms with Gasteiger partial charge in [-0.3, -0.25) is 14.7 Å². The lowest BCUT2D eigenvalue weighted by Gasteiger charge is -2.26. The summed E-state index contributed by atoms with van der Waals surface area (Å²) < 4.78 is 29.9. The zero-order chi connectivity index (χ0) is 23.9. The molecule has 0 radical (unpaired) electrons. The number of benzene rings is 1. The van der Waals surface area contributed by atoms with Crippen LogP contribution in [0, 0.1) is 23.7 Å². The van der Waals surface area contributed by atoms with Crippen molar-refractivity contribution in [3.8, 4) is 5.19 Å². The summed E-state index contributed by atoms with van der Waals surface area (Å²) in [5.41, 5.74) is 2.68. The van der Waals surface area contributed by atoms with Gasteiger partial charge in [-0.2, -0.15) is 0 Å². The summed E-state index contributed by atoms with van der Waals surface area (Å²) in [7, 11) is 0. The third-order valence-electron chi connectivity index (χ3n) is 8.04. The number of ketones is 1. The number of hydrogen-bond acceptors (Lipinski definition) is 6. The number of halogens is 2. The number of rotatable bonds is 9. The molecule has 0 spiro atoms. The fraction of sp³-hybridized carbons (Fsp3) is 0.519. The van der Waals surface area contributed by atoms with Gasteiger partial charge >= 0.3 is 0 Å². The van der Waals surface area contributed by atoms with E-state index in [9.17, 15) is 13.6 Å². The Labute approximate surface area is 207 Å². The number of carbonyl (C=O) groups is 1. The van der Waals surface area contributed by atoms with Gasteiger partial charge in [0.15, 0.2) is 12.4 Å². The normalized spacial score (nSPS) is 25.6. The van der Waals surface area contributed by atoms with Crippen molar-refractivity contribution < 1.29 is 18.3 Å². The maximum atomic E-state index is 13.0. The first-order chi connectivity index (χ1) is 17.0. The van der Waals surface area contributed by atoms with Crippen LogP contribution < -0.4 is 4.74 Å². The molecule has 3 heterocycles. The van der Waals surface area contributed by atoms with Crippen LogP contribution in [0.3, 0.4) is 0 Å². The van der Waals surface area contributed by atoms with E-state index in [0.717, 1.165) is 66.0 Å². The molecule has 0 N–H and O–H groups in total. The summed E-state index contributed by atoms with van der Waals surface area (Å²) in [6.07, 6.45) is 4.39. The van der Waals surface area contributed by atoms with E-state index in [1.807, 2.05) is 30.3 Å². The van der Waals surface area contributed by atoms with Crippen molar-refractivity contribution in [1.82, 2.24) is 14.9 Å².